The Morgan fingerprint density at radius 1 is 1.22 bits per heavy atom. The number of urea groups is 1. The molecule has 122 valence electrons. The summed E-state index contributed by atoms with van der Waals surface area (Å²) in [5.74, 6) is -0.218. The third-order valence-corrected chi connectivity index (χ3v) is 4.38. The lowest BCUT2D eigenvalue weighted by molar-refractivity contribution is 0.211. The van der Waals surface area contributed by atoms with Crippen LogP contribution < -0.4 is 5.32 Å². The maximum atomic E-state index is 13.0. The van der Waals surface area contributed by atoms with Gasteiger partial charge in [0, 0.05) is 32.7 Å². The first-order valence-corrected chi connectivity index (χ1v) is 8.37. The van der Waals surface area contributed by atoms with E-state index in [1.165, 1.54) is 23.5 Å². The monoisotopic (exact) mass is 335 g/mol. The normalized spacial score (nSPS) is 16.1. The van der Waals surface area contributed by atoms with E-state index < -0.39 is 0 Å². The molecular formula is C15H18FN5OS. The molecule has 1 aromatic carbocycles. The number of aromatic nitrogens is 2. The molecule has 0 radical (unpaired) electrons. The van der Waals surface area contributed by atoms with Crippen LogP contribution in [-0.4, -0.2) is 52.2 Å². The lowest BCUT2D eigenvalue weighted by Gasteiger charge is -2.21. The van der Waals surface area contributed by atoms with Crippen molar-refractivity contribution in [3.63, 3.8) is 0 Å². The minimum absolute atomic E-state index is 0.134. The number of rotatable bonds is 3. The number of benzene rings is 1. The molecule has 2 amide bonds. The lowest BCUT2D eigenvalue weighted by Crippen LogP contribution is -2.38. The van der Waals surface area contributed by atoms with Gasteiger partial charge < -0.3 is 4.90 Å². The maximum Gasteiger partial charge on any atom is 0.323 e. The summed E-state index contributed by atoms with van der Waals surface area (Å²) in [5.41, 5.74) is 2.67. The van der Waals surface area contributed by atoms with Gasteiger partial charge in [0.25, 0.3) is 0 Å². The van der Waals surface area contributed by atoms with Gasteiger partial charge in [0.05, 0.1) is 0 Å². The van der Waals surface area contributed by atoms with Crippen molar-refractivity contribution < 1.29 is 9.18 Å². The zero-order chi connectivity index (χ0) is 16.1. The maximum absolute atomic E-state index is 13.0. The Morgan fingerprint density at radius 2 is 2.04 bits per heavy atom. The van der Waals surface area contributed by atoms with Crippen molar-refractivity contribution in [2.45, 2.75) is 13.0 Å². The Kier molecular flexibility index (Phi) is 5.14. The fraction of sp³-hybridized carbons (Fsp3) is 0.400. The molecule has 1 aliphatic rings. The van der Waals surface area contributed by atoms with Gasteiger partial charge in [0.1, 0.15) is 11.3 Å². The summed E-state index contributed by atoms with van der Waals surface area (Å²) < 4.78 is 13.0. The van der Waals surface area contributed by atoms with Crippen molar-refractivity contribution in [1.29, 1.82) is 0 Å². The molecule has 0 atom stereocenters. The van der Waals surface area contributed by atoms with Crippen LogP contribution in [0.15, 0.2) is 29.8 Å². The molecule has 1 N–H and O–H groups in total. The smallest absolute Gasteiger partial charge is 0.323 e. The van der Waals surface area contributed by atoms with Crippen LogP contribution in [-0.2, 0) is 6.54 Å². The fourth-order valence-corrected chi connectivity index (χ4v) is 3.01. The van der Waals surface area contributed by atoms with Gasteiger partial charge in [-0.05, 0) is 24.1 Å². The van der Waals surface area contributed by atoms with Crippen molar-refractivity contribution in [2.24, 2.45) is 0 Å². The number of hydrogen-bond donors (Lipinski definition) is 1. The molecule has 2 aromatic rings. The molecule has 1 aliphatic heterocycles. The molecule has 1 aromatic heterocycles. The first-order valence-electron chi connectivity index (χ1n) is 7.49. The summed E-state index contributed by atoms with van der Waals surface area (Å²) >= 11 is 1.30. The van der Waals surface area contributed by atoms with Crippen LogP contribution in [0, 0.1) is 5.82 Å². The van der Waals surface area contributed by atoms with Crippen molar-refractivity contribution >= 4 is 22.5 Å². The van der Waals surface area contributed by atoms with E-state index in [1.807, 2.05) is 0 Å². The first-order chi connectivity index (χ1) is 11.2. The third kappa shape index (κ3) is 4.46. The molecular weight excluding hydrogens is 317 g/mol. The third-order valence-electron chi connectivity index (χ3n) is 3.77. The summed E-state index contributed by atoms with van der Waals surface area (Å²) in [7, 11) is 0. The minimum atomic E-state index is -0.218. The molecule has 6 nitrogen and oxygen atoms in total. The minimum Gasteiger partial charge on any atom is -0.323 e. The number of halogens is 1. The predicted octanol–water partition coefficient (Wildman–Crippen LogP) is 2.42. The van der Waals surface area contributed by atoms with E-state index in [0.29, 0.717) is 18.2 Å². The summed E-state index contributed by atoms with van der Waals surface area (Å²) in [6.07, 6.45) is 0.907. The summed E-state index contributed by atoms with van der Waals surface area (Å²) in [6, 6.07) is 6.44. The Balaban J connectivity index is 1.52. The molecule has 0 unspecified atom stereocenters. The number of nitrogens with one attached hydrogen (secondary N) is 1. The Labute approximate surface area is 137 Å². The van der Waals surface area contributed by atoms with E-state index >= 15 is 0 Å². The molecule has 0 saturated carbocycles. The zero-order valence-corrected chi connectivity index (χ0v) is 13.4. The quantitative estimate of drug-likeness (QED) is 0.936. The number of carbonyl (C=O) groups is 1. The van der Waals surface area contributed by atoms with E-state index in [0.717, 1.165) is 31.6 Å². The highest BCUT2D eigenvalue weighted by atomic mass is 32.1. The molecule has 1 saturated heterocycles. The van der Waals surface area contributed by atoms with Gasteiger partial charge in [-0.15, -0.1) is 10.2 Å². The molecule has 2 heterocycles. The second kappa shape index (κ2) is 7.47. The van der Waals surface area contributed by atoms with Gasteiger partial charge in [-0.2, -0.15) is 0 Å². The van der Waals surface area contributed by atoms with Crippen LogP contribution in [0.25, 0.3) is 0 Å². The van der Waals surface area contributed by atoms with E-state index in [9.17, 15) is 9.18 Å². The number of nitrogens with zero attached hydrogens (tertiary/aromatic N) is 4. The van der Waals surface area contributed by atoms with Gasteiger partial charge in [-0.25, -0.2) is 9.18 Å². The van der Waals surface area contributed by atoms with Crippen LogP contribution in [0.5, 0.6) is 0 Å². The molecule has 3 rings (SSSR count). The molecule has 0 spiro atoms. The number of hydrogen-bond acceptors (Lipinski definition) is 5. The topological polar surface area (TPSA) is 61.4 Å². The SMILES string of the molecule is O=C(Nc1nncs1)N1CCCN(Cc2ccc(F)cc2)CC1. The van der Waals surface area contributed by atoms with Gasteiger partial charge in [0.15, 0.2) is 0 Å². The number of amides is 2. The van der Waals surface area contributed by atoms with Gasteiger partial charge in [-0.3, -0.25) is 10.2 Å². The second-order valence-corrected chi connectivity index (χ2v) is 6.25. The highest BCUT2D eigenvalue weighted by Gasteiger charge is 2.19. The molecule has 0 aliphatic carbocycles. The average molecular weight is 335 g/mol. The lowest BCUT2D eigenvalue weighted by atomic mass is 10.2. The molecule has 1 fully saturated rings. The average Bonchev–Trinajstić information content (AvgIpc) is 2.94. The summed E-state index contributed by atoms with van der Waals surface area (Å²) in [4.78, 5) is 16.3. The Morgan fingerprint density at radius 3 is 2.78 bits per heavy atom. The largest absolute Gasteiger partial charge is 0.323 e. The van der Waals surface area contributed by atoms with Crippen molar-refractivity contribution in [2.75, 3.05) is 31.5 Å². The van der Waals surface area contributed by atoms with Crippen LogP contribution >= 0.6 is 11.3 Å². The van der Waals surface area contributed by atoms with E-state index in [4.69, 9.17) is 0 Å². The van der Waals surface area contributed by atoms with Gasteiger partial charge >= 0.3 is 6.03 Å². The number of anilines is 1. The zero-order valence-electron chi connectivity index (χ0n) is 12.6. The number of carbonyl (C=O) groups excluding carboxylic acids is 1. The summed E-state index contributed by atoms with van der Waals surface area (Å²) in [5, 5.41) is 10.8. The summed E-state index contributed by atoms with van der Waals surface area (Å²) in [6.45, 7) is 3.85. The van der Waals surface area contributed by atoms with Crippen molar-refractivity contribution in [3.05, 3.63) is 41.2 Å². The molecule has 23 heavy (non-hydrogen) atoms. The molecule has 0 bridgehead atoms. The predicted molar refractivity (Wildman–Crippen MR) is 86.8 cm³/mol. The van der Waals surface area contributed by atoms with Crippen LogP contribution in [0.3, 0.4) is 0 Å². The van der Waals surface area contributed by atoms with Gasteiger partial charge in [0.2, 0.25) is 5.13 Å². The highest BCUT2D eigenvalue weighted by molar-refractivity contribution is 7.13. The van der Waals surface area contributed by atoms with Crippen molar-refractivity contribution in [1.82, 2.24) is 20.0 Å². The Hall–Kier alpha value is -2.06. The second-order valence-electron chi connectivity index (χ2n) is 5.42. The highest BCUT2D eigenvalue weighted by Crippen LogP contribution is 2.13. The van der Waals surface area contributed by atoms with E-state index in [-0.39, 0.29) is 11.8 Å². The fourth-order valence-electron chi connectivity index (χ4n) is 2.58. The van der Waals surface area contributed by atoms with Crippen LogP contribution in [0.2, 0.25) is 0 Å². The van der Waals surface area contributed by atoms with Gasteiger partial charge in [-0.1, -0.05) is 23.5 Å². The first kappa shape index (κ1) is 15.8. The standard InChI is InChI=1S/C15H18FN5OS/c16-13-4-2-12(3-5-13)10-20-6-1-7-21(9-8-20)15(22)18-14-19-17-11-23-14/h2-5,11H,1,6-10H2,(H,18,19,22). The van der Waals surface area contributed by atoms with Crippen LogP contribution in [0.1, 0.15) is 12.0 Å². The van der Waals surface area contributed by atoms with Crippen molar-refractivity contribution in [3.8, 4) is 0 Å². The van der Waals surface area contributed by atoms with E-state index in [2.05, 4.69) is 20.4 Å². The molecule has 8 heteroatoms. The Bertz CT molecular complexity index is 634. The van der Waals surface area contributed by atoms with E-state index in [1.54, 1.807) is 22.5 Å². The van der Waals surface area contributed by atoms with Crippen LogP contribution in [0.4, 0.5) is 14.3 Å².